The quantitative estimate of drug-likeness (QED) is 0.419. The lowest BCUT2D eigenvalue weighted by Gasteiger charge is -2.43. The number of benzene rings is 1. The molecule has 12 heteroatoms. The summed E-state index contributed by atoms with van der Waals surface area (Å²) in [4.78, 5) is 21.4. The number of aromatic nitrogens is 1. The fourth-order valence-electron chi connectivity index (χ4n) is 5.21. The van der Waals surface area contributed by atoms with E-state index in [1.165, 1.54) is 23.1 Å². The van der Waals surface area contributed by atoms with Gasteiger partial charge < -0.3 is 14.5 Å². The van der Waals surface area contributed by atoms with Gasteiger partial charge in [-0.25, -0.2) is 9.37 Å². The molecule has 0 bridgehead atoms. The summed E-state index contributed by atoms with van der Waals surface area (Å²) < 4.78 is 63.4. The molecule has 7 nitrogen and oxygen atoms in total. The Labute approximate surface area is 216 Å². The summed E-state index contributed by atoms with van der Waals surface area (Å²) >= 11 is 5.51. The summed E-state index contributed by atoms with van der Waals surface area (Å²) in [7, 11) is 2.02. The van der Waals surface area contributed by atoms with Crippen molar-refractivity contribution in [3.8, 4) is 11.8 Å². The monoisotopic (exact) mass is 533 g/mol. The van der Waals surface area contributed by atoms with Crippen LogP contribution in [0.1, 0.15) is 43.4 Å². The van der Waals surface area contributed by atoms with Gasteiger partial charge in [0.1, 0.15) is 29.0 Å². The molecule has 5 rings (SSSR count). The molecule has 2 aliphatic heterocycles. The molecule has 2 saturated heterocycles. The highest BCUT2D eigenvalue weighted by Crippen LogP contribution is 2.50. The van der Waals surface area contributed by atoms with Crippen molar-refractivity contribution in [3.05, 3.63) is 47.5 Å². The summed E-state index contributed by atoms with van der Waals surface area (Å²) in [5, 5.41) is 8.96. The van der Waals surface area contributed by atoms with Crippen LogP contribution in [0, 0.1) is 17.1 Å². The maximum absolute atomic E-state index is 15.5. The second-order valence-electron chi connectivity index (χ2n) is 9.54. The topological polar surface area (TPSA) is 72.7 Å². The molecule has 194 valence electrons. The first kappa shape index (κ1) is 25.4. The SMILES string of the molecule is CN1CCC(Oc2ccc(N3C(=S)N(c4ccnc(C#N)c4C(F)(F)F)C(=O)C34CCC4)c(F)c2)CC1. The van der Waals surface area contributed by atoms with Crippen molar-refractivity contribution >= 4 is 34.6 Å². The molecule has 1 aromatic heterocycles. The maximum atomic E-state index is 15.5. The molecule has 3 fully saturated rings. The minimum Gasteiger partial charge on any atom is -0.490 e. The van der Waals surface area contributed by atoms with Crippen LogP contribution in [0.15, 0.2) is 30.5 Å². The predicted octanol–water partition coefficient (Wildman–Crippen LogP) is 4.64. The Morgan fingerprint density at radius 1 is 1.19 bits per heavy atom. The van der Waals surface area contributed by atoms with Gasteiger partial charge in [-0.1, -0.05) is 0 Å². The normalized spacial score (nSPS) is 20.3. The van der Waals surface area contributed by atoms with Crippen molar-refractivity contribution in [2.24, 2.45) is 0 Å². The number of amides is 1. The van der Waals surface area contributed by atoms with Gasteiger partial charge >= 0.3 is 6.18 Å². The first-order chi connectivity index (χ1) is 17.6. The van der Waals surface area contributed by atoms with Gasteiger partial charge in [-0.15, -0.1) is 0 Å². The number of nitrogens with zero attached hydrogens (tertiary/aromatic N) is 5. The summed E-state index contributed by atoms with van der Waals surface area (Å²) in [5.41, 5.74) is -4.13. The fraction of sp³-hybridized carbons (Fsp3) is 0.440. The highest BCUT2D eigenvalue weighted by molar-refractivity contribution is 7.81. The van der Waals surface area contributed by atoms with E-state index in [1.54, 1.807) is 6.07 Å². The summed E-state index contributed by atoms with van der Waals surface area (Å²) in [6, 6.07) is 6.68. The van der Waals surface area contributed by atoms with Gasteiger partial charge in [0.15, 0.2) is 16.6 Å². The number of anilines is 2. The van der Waals surface area contributed by atoms with E-state index in [-0.39, 0.29) is 16.9 Å². The van der Waals surface area contributed by atoms with Gasteiger partial charge in [0, 0.05) is 25.4 Å². The van der Waals surface area contributed by atoms with E-state index in [1.807, 2.05) is 7.05 Å². The molecule has 1 saturated carbocycles. The smallest absolute Gasteiger partial charge is 0.421 e. The molecule has 3 aliphatic rings. The number of halogens is 4. The van der Waals surface area contributed by atoms with Crippen molar-refractivity contribution in [1.29, 1.82) is 5.26 Å². The van der Waals surface area contributed by atoms with Crippen LogP contribution in [-0.2, 0) is 11.0 Å². The lowest BCUT2D eigenvalue weighted by molar-refractivity contribution is -0.137. The molecule has 1 spiro atoms. The standard InChI is InChI=1S/C25H23F4N5O2S/c1-32-11-6-15(7-12-32)36-16-3-4-19(17(26)13-16)34-23(37)33(22(35)24(34)8-2-9-24)20-5-10-31-18(14-30)21(20)25(27,28)29/h3-5,10,13,15H,2,6-9,11-12H2,1H3. The fourth-order valence-corrected chi connectivity index (χ4v) is 5.66. The van der Waals surface area contributed by atoms with E-state index < -0.39 is 40.4 Å². The molecule has 0 unspecified atom stereocenters. The van der Waals surface area contributed by atoms with Crippen LogP contribution in [0.3, 0.4) is 0 Å². The summed E-state index contributed by atoms with van der Waals surface area (Å²) in [5.74, 6) is -1.05. The zero-order valence-corrected chi connectivity index (χ0v) is 20.7. The summed E-state index contributed by atoms with van der Waals surface area (Å²) in [6.45, 7) is 1.74. The van der Waals surface area contributed by atoms with Crippen molar-refractivity contribution in [2.75, 3.05) is 29.9 Å². The molecule has 1 amide bonds. The third-order valence-electron chi connectivity index (χ3n) is 7.28. The predicted molar refractivity (Wildman–Crippen MR) is 131 cm³/mol. The lowest BCUT2D eigenvalue weighted by Crippen LogP contribution is -2.55. The minimum atomic E-state index is -4.97. The number of rotatable bonds is 4. The minimum absolute atomic E-state index is 0.0144. The van der Waals surface area contributed by atoms with Crippen molar-refractivity contribution in [1.82, 2.24) is 9.88 Å². The Morgan fingerprint density at radius 2 is 1.89 bits per heavy atom. The molecular formula is C25H23F4N5O2S. The zero-order valence-electron chi connectivity index (χ0n) is 19.9. The number of hydrogen-bond acceptors (Lipinski definition) is 6. The highest BCUT2D eigenvalue weighted by atomic mass is 32.1. The second-order valence-corrected chi connectivity index (χ2v) is 9.91. The number of likely N-dealkylation sites (tertiary alicyclic amines) is 1. The van der Waals surface area contributed by atoms with Gasteiger partial charge in [-0.3, -0.25) is 9.69 Å². The first-order valence-electron chi connectivity index (χ1n) is 11.9. The van der Waals surface area contributed by atoms with E-state index in [0.29, 0.717) is 25.0 Å². The van der Waals surface area contributed by atoms with Crippen LogP contribution in [-0.4, -0.2) is 52.7 Å². The van der Waals surface area contributed by atoms with E-state index in [0.717, 1.165) is 43.1 Å². The third kappa shape index (κ3) is 4.20. The van der Waals surface area contributed by atoms with E-state index in [2.05, 4.69) is 9.88 Å². The summed E-state index contributed by atoms with van der Waals surface area (Å²) in [6.07, 6.45) is -1.16. The molecule has 1 aromatic carbocycles. The van der Waals surface area contributed by atoms with Crippen molar-refractivity contribution < 1.29 is 27.1 Å². The number of thiocarbonyl (C=S) groups is 1. The Balaban J connectivity index is 1.51. The first-order valence-corrected chi connectivity index (χ1v) is 12.3. The molecule has 3 heterocycles. The Bertz CT molecular complexity index is 1300. The molecule has 37 heavy (non-hydrogen) atoms. The molecule has 1 aliphatic carbocycles. The number of pyridine rings is 1. The van der Waals surface area contributed by atoms with Crippen molar-refractivity contribution in [3.63, 3.8) is 0 Å². The van der Waals surface area contributed by atoms with E-state index >= 15 is 4.39 Å². The highest BCUT2D eigenvalue weighted by Gasteiger charge is 2.61. The van der Waals surface area contributed by atoms with Gasteiger partial charge in [-0.2, -0.15) is 18.4 Å². The number of alkyl halides is 3. The number of carbonyl (C=O) groups excluding carboxylic acids is 1. The third-order valence-corrected chi connectivity index (χ3v) is 7.65. The average Bonchev–Trinajstić information content (AvgIpc) is 3.06. The van der Waals surface area contributed by atoms with E-state index in [9.17, 15) is 23.2 Å². The number of ether oxygens (including phenoxy) is 1. The molecular weight excluding hydrogens is 510 g/mol. The average molecular weight is 534 g/mol. The van der Waals surface area contributed by atoms with Crippen LogP contribution in [0.4, 0.5) is 28.9 Å². The largest absolute Gasteiger partial charge is 0.490 e. The zero-order chi connectivity index (χ0) is 26.5. The van der Waals surface area contributed by atoms with Crippen LogP contribution >= 0.6 is 12.2 Å². The van der Waals surface area contributed by atoms with Crippen LogP contribution in [0.2, 0.25) is 0 Å². The van der Waals surface area contributed by atoms with Crippen LogP contribution in [0.25, 0.3) is 0 Å². The second kappa shape index (κ2) is 9.22. The number of piperidine rings is 1. The maximum Gasteiger partial charge on any atom is 0.421 e. The van der Waals surface area contributed by atoms with Crippen LogP contribution < -0.4 is 14.5 Å². The molecule has 0 N–H and O–H groups in total. The Hall–Kier alpha value is -3.30. The number of nitriles is 1. The lowest BCUT2D eigenvalue weighted by atomic mass is 9.75. The molecule has 0 radical (unpaired) electrons. The van der Waals surface area contributed by atoms with Crippen molar-refractivity contribution in [2.45, 2.75) is 49.9 Å². The van der Waals surface area contributed by atoms with Gasteiger partial charge in [0.2, 0.25) is 0 Å². The molecule has 2 aromatic rings. The Morgan fingerprint density at radius 3 is 2.46 bits per heavy atom. The molecule has 0 atom stereocenters. The van der Waals surface area contributed by atoms with Crippen LogP contribution in [0.5, 0.6) is 5.75 Å². The number of carbonyl (C=O) groups is 1. The van der Waals surface area contributed by atoms with E-state index in [4.69, 9.17) is 17.0 Å². The van der Waals surface area contributed by atoms with Gasteiger partial charge in [0.05, 0.1) is 11.4 Å². The number of hydrogen-bond donors (Lipinski definition) is 0. The Kier molecular flexibility index (Phi) is 6.32. The van der Waals surface area contributed by atoms with Gasteiger partial charge in [0.25, 0.3) is 5.91 Å². The van der Waals surface area contributed by atoms with Gasteiger partial charge in [-0.05, 0) is 69.6 Å².